The summed E-state index contributed by atoms with van der Waals surface area (Å²) < 4.78 is 5.63. The molecular weight excluding hydrogens is 426 g/mol. The number of ether oxygens (including phenoxy) is 1. The van der Waals surface area contributed by atoms with Crippen molar-refractivity contribution in [1.82, 2.24) is 14.8 Å². The molecule has 0 N–H and O–H groups in total. The summed E-state index contributed by atoms with van der Waals surface area (Å²) in [6.45, 7) is 5.73. The minimum atomic E-state index is -0.435. The zero-order valence-electron chi connectivity index (χ0n) is 19.7. The van der Waals surface area contributed by atoms with E-state index in [1.807, 2.05) is 47.4 Å². The van der Waals surface area contributed by atoms with Crippen LogP contribution in [-0.4, -0.2) is 52.9 Å². The van der Waals surface area contributed by atoms with Gasteiger partial charge in [0.15, 0.2) is 6.61 Å². The molecule has 1 fully saturated rings. The Morgan fingerprint density at radius 2 is 1.85 bits per heavy atom. The van der Waals surface area contributed by atoms with Crippen molar-refractivity contribution in [3.63, 3.8) is 0 Å². The number of benzene rings is 2. The molecule has 1 aromatic heterocycles. The van der Waals surface area contributed by atoms with Gasteiger partial charge in [-0.25, -0.2) is 4.79 Å². The minimum absolute atomic E-state index is 0.113. The van der Waals surface area contributed by atoms with Crippen LogP contribution in [0.25, 0.3) is 10.9 Å². The van der Waals surface area contributed by atoms with Crippen LogP contribution in [0.4, 0.5) is 0 Å². The molecule has 2 aliphatic rings. The summed E-state index contributed by atoms with van der Waals surface area (Å²) in [6, 6.07) is 18.1. The maximum absolute atomic E-state index is 13.4. The highest BCUT2D eigenvalue weighted by atomic mass is 16.5. The van der Waals surface area contributed by atoms with Crippen molar-refractivity contribution in [2.75, 3.05) is 26.2 Å². The molecule has 0 aliphatic carbocycles. The van der Waals surface area contributed by atoms with Crippen molar-refractivity contribution < 1.29 is 14.3 Å². The van der Waals surface area contributed by atoms with Crippen molar-refractivity contribution in [3.8, 4) is 0 Å². The van der Waals surface area contributed by atoms with E-state index in [0.717, 1.165) is 67.6 Å². The third kappa shape index (κ3) is 4.82. The molecule has 1 amide bonds. The Morgan fingerprint density at radius 3 is 2.68 bits per heavy atom. The lowest BCUT2D eigenvalue weighted by atomic mass is 9.95. The quantitative estimate of drug-likeness (QED) is 0.537. The molecule has 1 saturated heterocycles. The second-order valence-corrected chi connectivity index (χ2v) is 9.54. The second kappa shape index (κ2) is 9.94. The maximum Gasteiger partial charge on any atom is 0.339 e. The molecule has 2 aliphatic heterocycles. The largest absolute Gasteiger partial charge is 0.452 e. The number of esters is 1. The van der Waals surface area contributed by atoms with Crippen molar-refractivity contribution in [3.05, 3.63) is 77.0 Å². The standard InChI is InChI=1S/C28H31N3O3/c1-20-8-7-14-31(16-20)26(32)19-34-28(33)27-22-11-5-6-12-24(22)29-25-13-15-30(18-23(25)27)17-21-9-3-2-4-10-21/h2-6,9-12,20H,7-8,13-19H2,1H3. The van der Waals surface area contributed by atoms with E-state index in [0.29, 0.717) is 18.0 Å². The van der Waals surface area contributed by atoms with Crippen LogP contribution in [0.5, 0.6) is 0 Å². The minimum Gasteiger partial charge on any atom is -0.452 e. The Kier molecular flexibility index (Phi) is 6.59. The first-order valence-corrected chi connectivity index (χ1v) is 12.2. The fraction of sp³-hybridized carbons (Fsp3) is 0.393. The van der Waals surface area contributed by atoms with Crippen molar-refractivity contribution in [2.24, 2.45) is 5.92 Å². The lowest BCUT2D eigenvalue weighted by molar-refractivity contribution is -0.136. The Bertz CT molecular complexity index is 1190. The van der Waals surface area contributed by atoms with Gasteiger partial charge in [0.2, 0.25) is 0 Å². The van der Waals surface area contributed by atoms with Gasteiger partial charge in [0.05, 0.1) is 11.1 Å². The van der Waals surface area contributed by atoms with E-state index in [4.69, 9.17) is 9.72 Å². The van der Waals surface area contributed by atoms with Crippen LogP contribution in [0.2, 0.25) is 0 Å². The smallest absolute Gasteiger partial charge is 0.339 e. The first kappa shape index (κ1) is 22.5. The summed E-state index contributed by atoms with van der Waals surface area (Å²) in [7, 11) is 0. The van der Waals surface area contributed by atoms with Crippen LogP contribution in [0.3, 0.4) is 0 Å². The van der Waals surface area contributed by atoms with Crippen LogP contribution in [0, 0.1) is 5.92 Å². The molecule has 34 heavy (non-hydrogen) atoms. The van der Waals surface area contributed by atoms with Gasteiger partial charge in [-0.3, -0.25) is 14.7 Å². The molecule has 0 radical (unpaired) electrons. The second-order valence-electron chi connectivity index (χ2n) is 9.54. The van der Waals surface area contributed by atoms with Crippen LogP contribution >= 0.6 is 0 Å². The highest BCUT2D eigenvalue weighted by Gasteiger charge is 2.28. The molecule has 0 saturated carbocycles. The number of para-hydroxylation sites is 1. The number of likely N-dealkylation sites (tertiary alicyclic amines) is 1. The number of carbonyl (C=O) groups excluding carboxylic acids is 2. The summed E-state index contributed by atoms with van der Waals surface area (Å²) in [5.41, 5.74) is 4.46. The third-order valence-electron chi connectivity index (χ3n) is 6.92. The number of hydrogen-bond donors (Lipinski definition) is 0. The fourth-order valence-electron chi connectivity index (χ4n) is 5.16. The van der Waals surface area contributed by atoms with Gasteiger partial charge in [-0.05, 0) is 30.4 Å². The first-order valence-electron chi connectivity index (χ1n) is 12.2. The summed E-state index contributed by atoms with van der Waals surface area (Å²) >= 11 is 0. The molecule has 0 spiro atoms. The fourth-order valence-corrected chi connectivity index (χ4v) is 5.16. The predicted octanol–water partition coefficient (Wildman–Crippen LogP) is 4.21. The van der Waals surface area contributed by atoms with Gasteiger partial charge in [0, 0.05) is 55.8 Å². The van der Waals surface area contributed by atoms with Crippen LogP contribution < -0.4 is 0 Å². The number of piperidine rings is 1. The van der Waals surface area contributed by atoms with Gasteiger partial charge < -0.3 is 9.64 Å². The van der Waals surface area contributed by atoms with Crippen molar-refractivity contribution in [2.45, 2.75) is 39.3 Å². The van der Waals surface area contributed by atoms with E-state index in [1.165, 1.54) is 5.56 Å². The lowest BCUT2D eigenvalue weighted by Crippen LogP contribution is -2.41. The molecule has 1 unspecified atom stereocenters. The number of nitrogens with zero attached hydrogens (tertiary/aromatic N) is 3. The Balaban J connectivity index is 1.39. The van der Waals surface area contributed by atoms with E-state index < -0.39 is 5.97 Å². The number of hydrogen-bond acceptors (Lipinski definition) is 5. The molecule has 3 aromatic rings. The van der Waals surface area contributed by atoms with Crippen LogP contribution in [0.1, 0.15) is 46.9 Å². The zero-order valence-corrected chi connectivity index (χ0v) is 19.7. The summed E-state index contributed by atoms with van der Waals surface area (Å²) in [6.07, 6.45) is 2.91. The molecule has 1 atom stereocenters. The molecule has 6 heteroatoms. The summed E-state index contributed by atoms with van der Waals surface area (Å²) in [5.74, 6) is -0.0622. The molecular formula is C28H31N3O3. The number of amides is 1. The molecule has 5 rings (SSSR count). The number of aromatic nitrogens is 1. The van der Waals surface area contributed by atoms with Gasteiger partial charge in [-0.1, -0.05) is 55.5 Å². The van der Waals surface area contributed by atoms with E-state index >= 15 is 0 Å². The molecule has 176 valence electrons. The van der Waals surface area contributed by atoms with Gasteiger partial charge >= 0.3 is 5.97 Å². The predicted molar refractivity (Wildman–Crippen MR) is 131 cm³/mol. The highest BCUT2D eigenvalue weighted by Crippen LogP contribution is 2.29. The number of carbonyl (C=O) groups is 2. The van der Waals surface area contributed by atoms with E-state index in [1.54, 1.807) is 0 Å². The van der Waals surface area contributed by atoms with Crippen LogP contribution in [0.15, 0.2) is 54.6 Å². The number of rotatable bonds is 5. The van der Waals surface area contributed by atoms with Crippen molar-refractivity contribution in [1.29, 1.82) is 0 Å². The van der Waals surface area contributed by atoms with Gasteiger partial charge in [0.25, 0.3) is 5.91 Å². The normalized spacial score (nSPS) is 18.5. The van der Waals surface area contributed by atoms with E-state index in [9.17, 15) is 9.59 Å². The summed E-state index contributed by atoms with van der Waals surface area (Å²) in [4.78, 5) is 35.2. The Hall–Kier alpha value is -3.25. The van der Waals surface area contributed by atoms with Crippen LogP contribution in [-0.2, 0) is 29.0 Å². The SMILES string of the molecule is CC1CCCN(C(=O)COC(=O)c2c3c(nc4ccccc24)CCN(Cc2ccccc2)C3)C1. The van der Waals surface area contributed by atoms with Crippen molar-refractivity contribution >= 4 is 22.8 Å². The van der Waals surface area contributed by atoms with Gasteiger partial charge in [-0.15, -0.1) is 0 Å². The first-order chi connectivity index (χ1) is 16.6. The number of fused-ring (bicyclic) bond motifs is 2. The third-order valence-corrected chi connectivity index (χ3v) is 6.92. The van der Waals surface area contributed by atoms with Gasteiger partial charge in [-0.2, -0.15) is 0 Å². The highest BCUT2D eigenvalue weighted by molar-refractivity contribution is 6.05. The van der Waals surface area contributed by atoms with E-state index in [-0.39, 0.29) is 12.5 Å². The van der Waals surface area contributed by atoms with Gasteiger partial charge in [0.1, 0.15) is 0 Å². The molecule has 6 nitrogen and oxygen atoms in total. The Labute approximate surface area is 200 Å². The average molecular weight is 458 g/mol. The monoisotopic (exact) mass is 457 g/mol. The zero-order chi connectivity index (χ0) is 23.5. The average Bonchev–Trinajstić information content (AvgIpc) is 2.86. The molecule has 0 bridgehead atoms. The lowest BCUT2D eigenvalue weighted by Gasteiger charge is -2.31. The molecule has 3 heterocycles. The molecule has 2 aromatic carbocycles. The Morgan fingerprint density at radius 1 is 1.06 bits per heavy atom. The number of pyridine rings is 1. The topological polar surface area (TPSA) is 62.7 Å². The van der Waals surface area contributed by atoms with E-state index in [2.05, 4.69) is 24.0 Å². The summed E-state index contributed by atoms with van der Waals surface area (Å²) in [5, 5.41) is 0.784. The maximum atomic E-state index is 13.4.